The lowest BCUT2D eigenvalue weighted by Crippen LogP contribution is -3.15. The SMILES string of the molecule is Cc1c(C)n(C(=O)C[NH+]2CCN(c3ccccc3)CC2)c2ccccc12. The second kappa shape index (κ2) is 6.96. The summed E-state index contributed by atoms with van der Waals surface area (Å²) in [7, 11) is 0. The van der Waals surface area contributed by atoms with Gasteiger partial charge in [-0.15, -0.1) is 0 Å². The molecule has 1 aromatic heterocycles. The minimum atomic E-state index is 0.204. The number of nitrogens with zero attached hydrogens (tertiary/aromatic N) is 2. The molecule has 0 amide bonds. The molecule has 2 aromatic carbocycles. The van der Waals surface area contributed by atoms with E-state index >= 15 is 0 Å². The van der Waals surface area contributed by atoms with Gasteiger partial charge in [0.25, 0.3) is 5.91 Å². The smallest absolute Gasteiger partial charge is 0.286 e. The molecule has 4 heteroatoms. The van der Waals surface area contributed by atoms with Gasteiger partial charge in [-0.1, -0.05) is 36.4 Å². The fraction of sp³-hybridized carbons (Fsp3) is 0.318. The summed E-state index contributed by atoms with van der Waals surface area (Å²) in [6.07, 6.45) is 0. The zero-order valence-corrected chi connectivity index (χ0v) is 15.5. The number of benzene rings is 2. The van der Waals surface area contributed by atoms with E-state index in [1.165, 1.54) is 21.5 Å². The van der Waals surface area contributed by atoms with E-state index in [4.69, 9.17) is 0 Å². The van der Waals surface area contributed by atoms with E-state index in [1.54, 1.807) is 0 Å². The Hall–Kier alpha value is -2.59. The Morgan fingerprint density at radius 2 is 1.62 bits per heavy atom. The zero-order valence-electron chi connectivity index (χ0n) is 15.5. The normalized spacial score (nSPS) is 15.5. The largest absolute Gasteiger partial charge is 0.360 e. The number of rotatable bonds is 3. The van der Waals surface area contributed by atoms with Gasteiger partial charge < -0.3 is 9.80 Å². The van der Waals surface area contributed by atoms with Crippen molar-refractivity contribution in [2.45, 2.75) is 13.8 Å². The lowest BCUT2D eigenvalue weighted by atomic mass is 10.2. The van der Waals surface area contributed by atoms with Crippen LogP contribution in [0.5, 0.6) is 0 Å². The quantitative estimate of drug-likeness (QED) is 0.787. The van der Waals surface area contributed by atoms with E-state index in [-0.39, 0.29) is 5.91 Å². The minimum absolute atomic E-state index is 0.204. The first-order valence-corrected chi connectivity index (χ1v) is 9.38. The number of fused-ring (bicyclic) bond motifs is 1. The molecule has 134 valence electrons. The van der Waals surface area contributed by atoms with Crippen molar-refractivity contribution in [3.8, 4) is 0 Å². The topological polar surface area (TPSA) is 29.7 Å². The van der Waals surface area contributed by atoms with Gasteiger partial charge in [-0.3, -0.25) is 9.36 Å². The summed E-state index contributed by atoms with van der Waals surface area (Å²) in [6.45, 7) is 8.70. The first-order valence-electron chi connectivity index (χ1n) is 9.38. The van der Waals surface area contributed by atoms with Crippen molar-refractivity contribution in [3.63, 3.8) is 0 Å². The van der Waals surface area contributed by atoms with E-state index in [0.29, 0.717) is 6.54 Å². The van der Waals surface area contributed by atoms with Crippen LogP contribution in [0.4, 0.5) is 5.69 Å². The van der Waals surface area contributed by atoms with Gasteiger partial charge in [0.15, 0.2) is 6.54 Å². The summed E-state index contributed by atoms with van der Waals surface area (Å²) < 4.78 is 1.92. The number of piperazine rings is 1. The van der Waals surface area contributed by atoms with Crippen LogP contribution >= 0.6 is 0 Å². The summed E-state index contributed by atoms with van der Waals surface area (Å²) >= 11 is 0. The number of carbonyl (C=O) groups is 1. The molecule has 3 aromatic rings. The number of para-hydroxylation sites is 2. The molecule has 1 saturated heterocycles. The van der Waals surface area contributed by atoms with Gasteiger partial charge in [0.05, 0.1) is 31.7 Å². The van der Waals surface area contributed by atoms with E-state index in [0.717, 1.165) is 37.4 Å². The molecule has 2 heterocycles. The van der Waals surface area contributed by atoms with Crippen LogP contribution < -0.4 is 9.80 Å². The Bertz CT molecular complexity index is 921. The molecule has 0 unspecified atom stereocenters. The maximum Gasteiger partial charge on any atom is 0.286 e. The summed E-state index contributed by atoms with van der Waals surface area (Å²) in [5.41, 5.74) is 4.59. The van der Waals surface area contributed by atoms with Gasteiger partial charge in [0.1, 0.15) is 0 Å². The summed E-state index contributed by atoms with van der Waals surface area (Å²) in [5.74, 6) is 0.204. The molecule has 0 aliphatic carbocycles. The third-order valence-electron chi connectivity index (χ3n) is 5.67. The van der Waals surface area contributed by atoms with Crippen molar-refractivity contribution in [2.75, 3.05) is 37.6 Å². The second-order valence-corrected chi connectivity index (χ2v) is 7.21. The average Bonchev–Trinajstić information content (AvgIpc) is 2.94. The molecule has 1 fully saturated rings. The maximum absolute atomic E-state index is 13.0. The minimum Gasteiger partial charge on any atom is -0.360 e. The van der Waals surface area contributed by atoms with Crippen LogP contribution in [-0.2, 0) is 0 Å². The molecule has 0 bridgehead atoms. The Morgan fingerprint density at radius 1 is 0.962 bits per heavy atom. The van der Waals surface area contributed by atoms with Crippen molar-refractivity contribution >= 4 is 22.5 Å². The molecule has 4 nitrogen and oxygen atoms in total. The fourth-order valence-corrected chi connectivity index (χ4v) is 4.04. The molecule has 0 spiro atoms. The van der Waals surface area contributed by atoms with Gasteiger partial charge in [0.2, 0.25) is 0 Å². The van der Waals surface area contributed by atoms with Crippen LogP contribution in [-0.4, -0.2) is 43.2 Å². The van der Waals surface area contributed by atoms with E-state index < -0.39 is 0 Å². The van der Waals surface area contributed by atoms with Gasteiger partial charge in [-0.2, -0.15) is 0 Å². The number of carbonyl (C=O) groups excluding carboxylic acids is 1. The molecule has 1 aliphatic rings. The summed E-state index contributed by atoms with van der Waals surface area (Å²) in [6, 6.07) is 18.7. The Kier molecular flexibility index (Phi) is 4.51. The molecular formula is C22H26N3O+. The maximum atomic E-state index is 13.0. The fourth-order valence-electron chi connectivity index (χ4n) is 4.04. The van der Waals surface area contributed by atoms with Crippen LogP contribution in [0.15, 0.2) is 54.6 Å². The number of quaternary nitrogens is 1. The number of hydrogen-bond acceptors (Lipinski definition) is 2. The predicted octanol–water partition coefficient (Wildman–Crippen LogP) is 2.30. The summed E-state index contributed by atoms with van der Waals surface area (Å²) in [4.78, 5) is 16.8. The van der Waals surface area contributed by atoms with E-state index in [1.807, 2.05) is 16.7 Å². The van der Waals surface area contributed by atoms with Crippen LogP contribution in [0.25, 0.3) is 10.9 Å². The lowest BCUT2D eigenvalue weighted by molar-refractivity contribution is -0.892. The molecule has 0 saturated carbocycles. The predicted molar refractivity (Wildman–Crippen MR) is 106 cm³/mol. The first-order chi connectivity index (χ1) is 12.6. The Morgan fingerprint density at radius 3 is 2.35 bits per heavy atom. The van der Waals surface area contributed by atoms with Crippen molar-refractivity contribution in [2.24, 2.45) is 0 Å². The molecule has 26 heavy (non-hydrogen) atoms. The van der Waals surface area contributed by atoms with Crippen molar-refractivity contribution < 1.29 is 9.69 Å². The second-order valence-electron chi connectivity index (χ2n) is 7.21. The Balaban J connectivity index is 1.46. The van der Waals surface area contributed by atoms with Gasteiger partial charge in [-0.05, 0) is 37.6 Å². The van der Waals surface area contributed by atoms with Crippen LogP contribution in [0.2, 0.25) is 0 Å². The highest BCUT2D eigenvalue weighted by Gasteiger charge is 2.24. The van der Waals surface area contributed by atoms with Crippen LogP contribution in [0, 0.1) is 13.8 Å². The van der Waals surface area contributed by atoms with Crippen molar-refractivity contribution in [1.29, 1.82) is 0 Å². The standard InChI is InChI=1S/C22H25N3O/c1-17-18(2)25(21-11-7-6-10-20(17)21)22(26)16-23-12-14-24(15-13-23)19-8-4-3-5-9-19/h3-11H,12-16H2,1-2H3/p+1. The number of hydrogen-bond donors (Lipinski definition) is 1. The molecule has 1 N–H and O–H groups in total. The molecular weight excluding hydrogens is 322 g/mol. The Labute approximate surface area is 154 Å². The summed E-state index contributed by atoms with van der Waals surface area (Å²) in [5, 5.41) is 1.18. The first kappa shape index (κ1) is 16.9. The highest BCUT2D eigenvalue weighted by atomic mass is 16.2. The highest BCUT2D eigenvalue weighted by Crippen LogP contribution is 2.24. The van der Waals surface area contributed by atoms with Crippen LogP contribution in [0.1, 0.15) is 16.1 Å². The van der Waals surface area contributed by atoms with E-state index in [2.05, 4.69) is 61.2 Å². The highest BCUT2D eigenvalue weighted by molar-refractivity contribution is 5.96. The van der Waals surface area contributed by atoms with Gasteiger partial charge in [-0.25, -0.2) is 0 Å². The number of aromatic nitrogens is 1. The van der Waals surface area contributed by atoms with Gasteiger partial charge in [0, 0.05) is 16.8 Å². The van der Waals surface area contributed by atoms with Crippen molar-refractivity contribution in [1.82, 2.24) is 4.57 Å². The average molecular weight is 348 g/mol. The third kappa shape index (κ3) is 3.01. The zero-order chi connectivity index (χ0) is 18.1. The van der Waals surface area contributed by atoms with E-state index in [9.17, 15) is 4.79 Å². The molecule has 0 atom stereocenters. The molecule has 4 rings (SSSR count). The number of anilines is 1. The molecule has 0 radical (unpaired) electrons. The lowest BCUT2D eigenvalue weighted by Gasteiger charge is -2.33. The van der Waals surface area contributed by atoms with Gasteiger partial charge >= 0.3 is 0 Å². The monoisotopic (exact) mass is 348 g/mol. The number of aryl methyl sites for hydroxylation is 1. The van der Waals surface area contributed by atoms with Crippen molar-refractivity contribution in [3.05, 3.63) is 65.9 Å². The number of nitrogens with one attached hydrogen (secondary N) is 1. The molecule has 1 aliphatic heterocycles. The third-order valence-corrected chi connectivity index (χ3v) is 5.67. The van der Waals surface area contributed by atoms with Crippen LogP contribution in [0.3, 0.4) is 0 Å².